The van der Waals surface area contributed by atoms with Crippen LogP contribution in [0, 0.1) is 20.8 Å². The molecule has 0 bridgehead atoms. The number of nitrogens with two attached hydrogens (primary N) is 1. The van der Waals surface area contributed by atoms with Gasteiger partial charge in [-0.05, 0) is 31.9 Å². The number of nitrogens with zero attached hydrogens (tertiary/aromatic N) is 2. The van der Waals surface area contributed by atoms with Crippen LogP contribution in [-0.2, 0) is 10.0 Å². The minimum absolute atomic E-state index is 0.294. The molecule has 2 heterocycles. The van der Waals surface area contributed by atoms with Crippen LogP contribution in [0.5, 0.6) is 0 Å². The van der Waals surface area contributed by atoms with Gasteiger partial charge in [-0.25, -0.2) is 18.4 Å². The van der Waals surface area contributed by atoms with Crippen LogP contribution in [0.1, 0.15) is 16.7 Å². The topological polar surface area (TPSA) is 98.0 Å². The van der Waals surface area contributed by atoms with E-state index in [9.17, 15) is 8.42 Å². The predicted octanol–water partition coefficient (Wildman–Crippen LogP) is 3.57. The van der Waals surface area contributed by atoms with Crippen LogP contribution in [0.3, 0.4) is 0 Å². The molecule has 1 aromatic carbocycles. The summed E-state index contributed by atoms with van der Waals surface area (Å²) in [6.07, 6.45) is 0. The molecule has 9 heteroatoms. The number of aromatic nitrogens is 2. The molecule has 0 atom stereocenters. The number of hydrogen-bond donors (Lipinski definition) is 2. The highest BCUT2D eigenvalue weighted by Crippen LogP contribution is 2.29. The van der Waals surface area contributed by atoms with Crippen LogP contribution in [0.25, 0.3) is 11.4 Å². The first-order chi connectivity index (χ1) is 11.3. The van der Waals surface area contributed by atoms with Gasteiger partial charge in [0, 0.05) is 10.8 Å². The Labute approximate surface area is 148 Å². The smallest absolute Gasteiger partial charge is 0.264 e. The van der Waals surface area contributed by atoms with Crippen LogP contribution in [0.4, 0.5) is 10.3 Å². The van der Waals surface area contributed by atoms with Crippen molar-refractivity contribution < 1.29 is 8.42 Å². The van der Waals surface area contributed by atoms with E-state index in [0.29, 0.717) is 37.7 Å². The third-order valence-corrected chi connectivity index (χ3v) is 6.59. The van der Waals surface area contributed by atoms with Crippen molar-refractivity contribution in [1.29, 1.82) is 0 Å². The Bertz CT molecular complexity index is 982. The quantitative estimate of drug-likeness (QED) is 0.721. The molecule has 2 aromatic heterocycles. The summed E-state index contributed by atoms with van der Waals surface area (Å²) in [6.45, 7) is 5.52. The summed E-state index contributed by atoms with van der Waals surface area (Å²) in [5, 5.41) is 4.29. The largest absolute Gasteiger partial charge is 0.375 e. The van der Waals surface area contributed by atoms with Gasteiger partial charge >= 0.3 is 0 Å². The Balaban J connectivity index is 1.92. The summed E-state index contributed by atoms with van der Waals surface area (Å²) in [5.41, 5.74) is 9.31. The predicted molar refractivity (Wildman–Crippen MR) is 99.1 cm³/mol. The van der Waals surface area contributed by atoms with Gasteiger partial charge in [-0.2, -0.15) is 0 Å². The number of thiazole rings is 2. The number of anilines is 2. The van der Waals surface area contributed by atoms with Gasteiger partial charge in [-0.3, -0.25) is 4.72 Å². The lowest BCUT2D eigenvalue weighted by Crippen LogP contribution is -2.15. The standard InChI is InChI=1S/C15H16N4O2S3/c1-8-4-9(2)13(10(3)5-8)24(20,21)19-15-18-12(7-23-15)11-6-22-14(16)17-11/h4-7H,1-3H3,(H2,16,17)(H,18,19). The van der Waals surface area contributed by atoms with E-state index in [2.05, 4.69) is 14.7 Å². The Morgan fingerprint density at radius 3 is 2.17 bits per heavy atom. The highest BCUT2D eigenvalue weighted by molar-refractivity contribution is 7.93. The van der Waals surface area contributed by atoms with E-state index in [4.69, 9.17) is 5.73 Å². The zero-order valence-corrected chi connectivity index (χ0v) is 15.8. The van der Waals surface area contributed by atoms with E-state index in [1.165, 1.54) is 22.7 Å². The first-order valence-electron chi connectivity index (χ1n) is 7.04. The van der Waals surface area contributed by atoms with Gasteiger partial charge in [0.25, 0.3) is 10.0 Å². The number of aryl methyl sites for hydroxylation is 3. The molecule has 6 nitrogen and oxygen atoms in total. The van der Waals surface area contributed by atoms with Crippen molar-refractivity contribution in [3.05, 3.63) is 39.6 Å². The highest BCUT2D eigenvalue weighted by Gasteiger charge is 2.21. The van der Waals surface area contributed by atoms with Crippen molar-refractivity contribution in [2.45, 2.75) is 25.7 Å². The minimum Gasteiger partial charge on any atom is -0.375 e. The molecule has 0 spiro atoms. The van der Waals surface area contributed by atoms with E-state index in [0.717, 1.165) is 5.56 Å². The highest BCUT2D eigenvalue weighted by atomic mass is 32.2. The summed E-state index contributed by atoms with van der Waals surface area (Å²) in [7, 11) is -3.70. The molecular formula is C15H16N4O2S3. The molecule has 0 amide bonds. The zero-order chi connectivity index (χ0) is 17.5. The molecule has 0 saturated heterocycles. The fraction of sp³-hybridized carbons (Fsp3) is 0.200. The Hall–Kier alpha value is -1.97. The SMILES string of the molecule is Cc1cc(C)c(S(=O)(=O)Nc2nc(-c3csc(N)n3)cs2)c(C)c1. The van der Waals surface area contributed by atoms with Crippen molar-refractivity contribution in [1.82, 2.24) is 9.97 Å². The zero-order valence-electron chi connectivity index (χ0n) is 13.3. The monoisotopic (exact) mass is 380 g/mol. The van der Waals surface area contributed by atoms with E-state index >= 15 is 0 Å². The molecule has 0 aliphatic heterocycles. The number of hydrogen-bond acceptors (Lipinski definition) is 7. The molecule has 3 N–H and O–H groups in total. The Morgan fingerprint density at radius 1 is 1.00 bits per heavy atom. The number of sulfonamides is 1. The van der Waals surface area contributed by atoms with Gasteiger partial charge < -0.3 is 5.73 Å². The molecule has 126 valence electrons. The van der Waals surface area contributed by atoms with Gasteiger partial charge in [0.2, 0.25) is 0 Å². The Morgan fingerprint density at radius 2 is 1.58 bits per heavy atom. The van der Waals surface area contributed by atoms with Crippen LogP contribution in [-0.4, -0.2) is 18.4 Å². The lowest BCUT2D eigenvalue weighted by Gasteiger charge is -2.12. The molecule has 3 rings (SSSR count). The van der Waals surface area contributed by atoms with Crippen LogP contribution in [0.2, 0.25) is 0 Å². The number of benzene rings is 1. The van der Waals surface area contributed by atoms with Gasteiger partial charge in [0.15, 0.2) is 10.3 Å². The van der Waals surface area contributed by atoms with E-state index in [1.807, 2.05) is 19.1 Å². The molecular weight excluding hydrogens is 364 g/mol. The second kappa shape index (κ2) is 6.15. The molecule has 0 aliphatic carbocycles. The van der Waals surface area contributed by atoms with Crippen molar-refractivity contribution in [3.8, 4) is 11.4 Å². The third kappa shape index (κ3) is 3.28. The summed E-state index contributed by atoms with van der Waals surface area (Å²) in [4.78, 5) is 8.74. The lowest BCUT2D eigenvalue weighted by atomic mass is 10.1. The number of nitrogen functional groups attached to an aromatic ring is 1. The van der Waals surface area contributed by atoms with E-state index in [-0.39, 0.29) is 0 Å². The maximum Gasteiger partial charge on any atom is 0.264 e. The van der Waals surface area contributed by atoms with E-state index < -0.39 is 10.0 Å². The molecule has 0 radical (unpaired) electrons. The number of rotatable bonds is 4. The average molecular weight is 381 g/mol. The van der Waals surface area contributed by atoms with Gasteiger partial charge in [0.05, 0.1) is 4.90 Å². The maximum atomic E-state index is 12.7. The van der Waals surface area contributed by atoms with Crippen molar-refractivity contribution in [2.75, 3.05) is 10.5 Å². The second-order valence-corrected chi connectivity index (χ2v) is 8.81. The summed E-state index contributed by atoms with van der Waals surface area (Å²) in [6, 6.07) is 3.71. The van der Waals surface area contributed by atoms with Gasteiger partial charge in [0.1, 0.15) is 11.4 Å². The fourth-order valence-corrected chi connectivity index (χ4v) is 5.57. The first-order valence-corrected chi connectivity index (χ1v) is 10.3. The molecule has 0 fully saturated rings. The Kier molecular flexibility index (Phi) is 4.33. The third-order valence-electron chi connectivity index (χ3n) is 3.38. The molecule has 0 aliphatic rings. The van der Waals surface area contributed by atoms with Crippen LogP contribution in [0.15, 0.2) is 27.8 Å². The maximum absolute atomic E-state index is 12.7. The molecule has 0 unspecified atom stereocenters. The molecule has 24 heavy (non-hydrogen) atoms. The van der Waals surface area contributed by atoms with Crippen LogP contribution >= 0.6 is 22.7 Å². The van der Waals surface area contributed by atoms with Gasteiger partial charge in [-0.15, -0.1) is 22.7 Å². The average Bonchev–Trinajstić information content (AvgIpc) is 3.05. The summed E-state index contributed by atoms with van der Waals surface area (Å²) < 4.78 is 28.0. The van der Waals surface area contributed by atoms with Crippen molar-refractivity contribution >= 4 is 43.0 Å². The minimum atomic E-state index is -3.70. The normalized spacial score (nSPS) is 11.6. The van der Waals surface area contributed by atoms with E-state index in [1.54, 1.807) is 24.6 Å². The van der Waals surface area contributed by atoms with Gasteiger partial charge in [-0.1, -0.05) is 17.7 Å². The summed E-state index contributed by atoms with van der Waals surface area (Å²) >= 11 is 2.53. The van der Waals surface area contributed by atoms with Crippen LogP contribution < -0.4 is 10.5 Å². The molecule has 0 saturated carbocycles. The second-order valence-electron chi connectivity index (χ2n) is 5.44. The van der Waals surface area contributed by atoms with Crippen molar-refractivity contribution in [3.63, 3.8) is 0 Å². The fourth-order valence-electron chi connectivity index (χ4n) is 2.60. The lowest BCUT2D eigenvalue weighted by molar-refractivity contribution is 0.600. The first kappa shape index (κ1) is 16.9. The molecule has 3 aromatic rings. The van der Waals surface area contributed by atoms with Crippen molar-refractivity contribution in [2.24, 2.45) is 0 Å². The number of nitrogens with one attached hydrogen (secondary N) is 1. The summed E-state index contributed by atoms with van der Waals surface area (Å²) in [5.74, 6) is 0.